The lowest BCUT2D eigenvalue weighted by Gasteiger charge is -2.16. The highest BCUT2D eigenvalue weighted by Gasteiger charge is 2.12. The predicted octanol–water partition coefficient (Wildman–Crippen LogP) is 1.87. The Morgan fingerprint density at radius 2 is 1.71 bits per heavy atom. The zero-order chi connectivity index (χ0) is 18.0. The number of aryl methyl sites for hydroxylation is 1. The summed E-state index contributed by atoms with van der Waals surface area (Å²) >= 11 is 0. The Morgan fingerprint density at radius 3 is 2.25 bits per heavy atom. The largest absolute Gasteiger partial charge is 0.356 e. The van der Waals surface area contributed by atoms with Crippen molar-refractivity contribution in [3.05, 3.63) is 29.8 Å². The molecule has 0 heterocycles. The van der Waals surface area contributed by atoms with Gasteiger partial charge in [-0.2, -0.15) is 0 Å². The van der Waals surface area contributed by atoms with Crippen molar-refractivity contribution in [2.45, 2.75) is 38.5 Å². The molecule has 0 fully saturated rings. The van der Waals surface area contributed by atoms with Crippen LogP contribution in [0.5, 0.6) is 0 Å². The normalized spacial score (nSPS) is 12.5. The molecule has 0 unspecified atom stereocenters. The van der Waals surface area contributed by atoms with Gasteiger partial charge in [0.2, 0.25) is 10.0 Å². The molecule has 0 aliphatic heterocycles. The molecule has 0 saturated carbocycles. The van der Waals surface area contributed by atoms with Crippen molar-refractivity contribution in [2.24, 2.45) is 10.9 Å². The fourth-order valence-electron chi connectivity index (χ4n) is 2.21. The van der Waals surface area contributed by atoms with Gasteiger partial charge in [0, 0.05) is 26.7 Å². The summed E-state index contributed by atoms with van der Waals surface area (Å²) in [6.45, 7) is 7.89. The first kappa shape index (κ1) is 20.4. The molecule has 0 saturated heterocycles. The van der Waals surface area contributed by atoms with Crippen LogP contribution < -0.4 is 15.4 Å². The number of hydrogen-bond donors (Lipinski definition) is 3. The lowest BCUT2D eigenvalue weighted by Crippen LogP contribution is -2.43. The summed E-state index contributed by atoms with van der Waals surface area (Å²) in [5.74, 6) is 1.31. The Hall–Kier alpha value is -1.60. The molecule has 24 heavy (non-hydrogen) atoms. The number of rotatable bonds is 9. The van der Waals surface area contributed by atoms with E-state index in [1.165, 1.54) is 0 Å². The van der Waals surface area contributed by atoms with E-state index in [0.717, 1.165) is 24.9 Å². The Labute approximate surface area is 146 Å². The van der Waals surface area contributed by atoms with Gasteiger partial charge in [0.05, 0.1) is 4.90 Å². The Bertz CT molecular complexity index is 608. The molecular weight excluding hydrogens is 324 g/mol. The first-order chi connectivity index (χ1) is 11.4. The molecule has 0 aliphatic rings. The van der Waals surface area contributed by atoms with E-state index in [2.05, 4.69) is 34.2 Å². The Morgan fingerprint density at radius 1 is 1.08 bits per heavy atom. The average Bonchev–Trinajstić information content (AvgIpc) is 2.57. The Kier molecular flexibility index (Phi) is 8.78. The van der Waals surface area contributed by atoms with Crippen LogP contribution in [0.1, 0.15) is 32.3 Å². The second kappa shape index (κ2) is 10.3. The molecule has 1 aromatic carbocycles. The van der Waals surface area contributed by atoms with Gasteiger partial charge in [-0.1, -0.05) is 44.4 Å². The number of nitrogens with zero attached hydrogens (tertiary/aromatic N) is 1. The third-order valence-corrected chi connectivity index (χ3v) is 5.45. The van der Waals surface area contributed by atoms with Crippen LogP contribution in [0, 0.1) is 12.8 Å². The van der Waals surface area contributed by atoms with E-state index in [9.17, 15) is 8.42 Å². The second-order valence-electron chi connectivity index (χ2n) is 5.77. The van der Waals surface area contributed by atoms with Gasteiger partial charge in [-0.3, -0.25) is 4.99 Å². The van der Waals surface area contributed by atoms with Crippen molar-refractivity contribution in [1.82, 2.24) is 15.4 Å². The molecule has 0 aromatic heterocycles. The SMILES string of the molecule is CCC(CC)CNC(=NC)NCCNS(=O)(=O)c1ccc(C)cc1. The van der Waals surface area contributed by atoms with Crippen LogP contribution in [0.2, 0.25) is 0 Å². The molecule has 1 rings (SSSR count). The minimum absolute atomic E-state index is 0.282. The van der Waals surface area contributed by atoms with Crippen LogP contribution in [-0.2, 0) is 10.0 Å². The van der Waals surface area contributed by atoms with Gasteiger partial charge < -0.3 is 10.6 Å². The molecule has 7 heteroatoms. The van der Waals surface area contributed by atoms with E-state index in [1.807, 2.05) is 6.92 Å². The number of guanidine groups is 1. The van der Waals surface area contributed by atoms with Gasteiger partial charge in [0.15, 0.2) is 5.96 Å². The molecule has 136 valence electrons. The van der Waals surface area contributed by atoms with Gasteiger partial charge in [-0.05, 0) is 25.0 Å². The maximum atomic E-state index is 12.2. The molecule has 3 N–H and O–H groups in total. The van der Waals surface area contributed by atoms with Gasteiger partial charge in [0.25, 0.3) is 0 Å². The van der Waals surface area contributed by atoms with Gasteiger partial charge in [-0.25, -0.2) is 13.1 Å². The zero-order valence-electron chi connectivity index (χ0n) is 15.1. The van der Waals surface area contributed by atoms with Crippen LogP contribution in [0.15, 0.2) is 34.2 Å². The van der Waals surface area contributed by atoms with Crippen LogP contribution in [-0.4, -0.2) is 41.1 Å². The van der Waals surface area contributed by atoms with E-state index >= 15 is 0 Å². The quantitative estimate of drug-likeness (QED) is 0.359. The predicted molar refractivity (Wildman–Crippen MR) is 99.8 cm³/mol. The van der Waals surface area contributed by atoms with Crippen molar-refractivity contribution in [3.8, 4) is 0 Å². The van der Waals surface area contributed by atoms with E-state index in [0.29, 0.717) is 25.0 Å². The number of aliphatic imine (C=N–C) groups is 1. The number of sulfonamides is 1. The maximum Gasteiger partial charge on any atom is 0.240 e. The third kappa shape index (κ3) is 6.88. The van der Waals surface area contributed by atoms with Crippen molar-refractivity contribution in [2.75, 3.05) is 26.7 Å². The van der Waals surface area contributed by atoms with Crippen LogP contribution in [0.25, 0.3) is 0 Å². The standard InChI is InChI=1S/C17H30N4O2S/c1-5-15(6-2)13-20-17(18-4)19-11-12-21-24(22,23)16-9-7-14(3)8-10-16/h7-10,15,21H,5-6,11-13H2,1-4H3,(H2,18,19,20). The van der Waals surface area contributed by atoms with E-state index in [4.69, 9.17) is 0 Å². The van der Waals surface area contributed by atoms with Crippen molar-refractivity contribution < 1.29 is 8.42 Å². The fourth-order valence-corrected chi connectivity index (χ4v) is 3.24. The summed E-state index contributed by atoms with van der Waals surface area (Å²) in [6.07, 6.45) is 2.24. The smallest absolute Gasteiger partial charge is 0.240 e. The highest BCUT2D eigenvalue weighted by Crippen LogP contribution is 2.09. The molecule has 1 aromatic rings. The highest BCUT2D eigenvalue weighted by molar-refractivity contribution is 7.89. The summed E-state index contributed by atoms with van der Waals surface area (Å²) in [4.78, 5) is 4.43. The first-order valence-electron chi connectivity index (χ1n) is 8.43. The molecule has 0 radical (unpaired) electrons. The third-order valence-electron chi connectivity index (χ3n) is 3.98. The highest BCUT2D eigenvalue weighted by atomic mass is 32.2. The topological polar surface area (TPSA) is 82.6 Å². The minimum atomic E-state index is -3.47. The molecule has 0 spiro atoms. The van der Waals surface area contributed by atoms with Crippen molar-refractivity contribution >= 4 is 16.0 Å². The van der Waals surface area contributed by atoms with E-state index < -0.39 is 10.0 Å². The molecule has 0 amide bonds. The minimum Gasteiger partial charge on any atom is -0.356 e. The summed E-state index contributed by atoms with van der Waals surface area (Å²) in [5.41, 5.74) is 1.03. The summed E-state index contributed by atoms with van der Waals surface area (Å²) in [5, 5.41) is 6.39. The summed E-state index contributed by atoms with van der Waals surface area (Å²) in [7, 11) is -1.76. The molecule has 0 bridgehead atoms. The van der Waals surface area contributed by atoms with Gasteiger partial charge >= 0.3 is 0 Å². The van der Waals surface area contributed by atoms with Crippen LogP contribution in [0.3, 0.4) is 0 Å². The molecule has 6 nitrogen and oxygen atoms in total. The fraction of sp³-hybridized carbons (Fsp3) is 0.588. The summed E-state index contributed by atoms with van der Waals surface area (Å²) in [6, 6.07) is 6.80. The molecule has 0 aliphatic carbocycles. The molecular formula is C17H30N4O2S. The zero-order valence-corrected chi connectivity index (χ0v) is 15.9. The lowest BCUT2D eigenvalue weighted by molar-refractivity contribution is 0.481. The average molecular weight is 355 g/mol. The molecule has 0 atom stereocenters. The number of hydrogen-bond acceptors (Lipinski definition) is 3. The first-order valence-corrected chi connectivity index (χ1v) is 9.92. The number of benzene rings is 1. The monoisotopic (exact) mass is 354 g/mol. The van der Waals surface area contributed by atoms with Gasteiger partial charge in [0.1, 0.15) is 0 Å². The van der Waals surface area contributed by atoms with Crippen molar-refractivity contribution in [3.63, 3.8) is 0 Å². The Balaban J connectivity index is 2.39. The maximum absolute atomic E-state index is 12.2. The van der Waals surface area contributed by atoms with Crippen LogP contribution >= 0.6 is 0 Å². The summed E-state index contributed by atoms with van der Waals surface area (Å²) < 4.78 is 26.9. The van der Waals surface area contributed by atoms with E-state index in [-0.39, 0.29) is 4.90 Å². The lowest BCUT2D eigenvalue weighted by atomic mass is 10.0. The van der Waals surface area contributed by atoms with Crippen molar-refractivity contribution in [1.29, 1.82) is 0 Å². The van der Waals surface area contributed by atoms with E-state index in [1.54, 1.807) is 31.3 Å². The van der Waals surface area contributed by atoms with Gasteiger partial charge in [-0.15, -0.1) is 0 Å². The number of nitrogens with one attached hydrogen (secondary N) is 3. The van der Waals surface area contributed by atoms with Crippen LogP contribution in [0.4, 0.5) is 0 Å². The second-order valence-corrected chi connectivity index (χ2v) is 7.54.